The third-order valence-corrected chi connectivity index (χ3v) is 4.45. The van der Waals surface area contributed by atoms with E-state index in [1.807, 2.05) is 19.1 Å². The largest absolute Gasteiger partial charge is 0.393 e. The maximum atomic E-state index is 12.0. The van der Waals surface area contributed by atoms with Gasteiger partial charge in [-0.05, 0) is 69.3 Å². The summed E-state index contributed by atoms with van der Waals surface area (Å²) in [6.07, 6.45) is 4.00. The molecule has 1 aliphatic rings. The predicted molar refractivity (Wildman–Crippen MR) is 98.3 cm³/mol. The smallest absolute Gasteiger partial charge is 0.319 e. The highest BCUT2D eigenvalue weighted by atomic mass is 16.3. The van der Waals surface area contributed by atoms with Gasteiger partial charge in [0.25, 0.3) is 0 Å². The standard InChI is InChI=1S/C19H31N3O2/c1-15(12-16(2)23)14-20-19(24)21-18-7-5-6-17(13-18)8-11-22-9-3-4-10-22/h5-7,13,15-16,23H,3-4,8-12,14H2,1-2H3,(H2,20,21,24). The molecule has 0 aliphatic carbocycles. The van der Waals surface area contributed by atoms with Crippen molar-refractivity contribution < 1.29 is 9.90 Å². The number of nitrogens with one attached hydrogen (secondary N) is 2. The topological polar surface area (TPSA) is 64.6 Å². The molecule has 5 heteroatoms. The van der Waals surface area contributed by atoms with Crippen molar-refractivity contribution in [1.29, 1.82) is 0 Å². The number of hydrogen-bond donors (Lipinski definition) is 3. The first-order chi connectivity index (χ1) is 11.5. The SMILES string of the molecule is CC(O)CC(C)CNC(=O)Nc1cccc(CCN2CCCC2)c1. The zero-order chi connectivity index (χ0) is 17.4. The molecule has 0 saturated carbocycles. The second kappa shape index (κ2) is 9.64. The number of aliphatic hydroxyl groups is 1. The summed E-state index contributed by atoms with van der Waals surface area (Å²) >= 11 is 0. The van der Waals surface area contributed by atoms with E-state index < -0.39 is 0 Å². The molecule has 1 aromatic rings. The van der Waals surface area contributed by atoms with Crippen molar-refractivity contribution in [2.24, 2.45) is 5.92 Å². The number of rotatable bonds is 8. The molecule has 2 amide bonds. The summed E-state index contributed by atoms with van der Waals surface area (Å²) in [5, 5.41) is 15.1. The van der Waals surface area contributed by atoms with Crippen LogP contribution >= 0.6 is 0 Å². The van der Waals surface area contributed by atoms with Crippen LogP contribution in [0.3, 0.4) is 0 Å². The van der Waals surface area contributed by atoms with Gasteiger partial charge in [0.05, 0.1) is 6.10 Å². The Bertz CT molecular complexity index is 513. The number of anilines is 1. The minimum atomic E-state index is -0.336. The Morgan fingerprint density at radius 3 is 2.75 bits per heavy atom. The lowest BCUT2D eigenvalue weighted by atomic mass is 10.1. The first kappa shape index (κ1) is 18.7. The first-order valence-electron chi connectivity index (χ1n) is 9.07. The molecule has 0 aromatic heterocycles. The van der Waals surface area contributed by atoms with E-state index in [0.717, 1.165) is 18.7 Å². The highest BCUT2D eigenvalue weighted by molar-refractivity contribution is 5.89. The molecule has 3 N–H and O–H groups in total. The van der Waals surface area contributed by atoms with Gasteiger partial charge in [-0.2, -0.15) is 0 Å². The van der Waals surface area contributed by atoms with E-state index in [2.05, 4.69) is 27.7 Å². The normalized spacial score (nSPS) is 17.5. The van der Waals surface area contributed by atoms with Crippen molar-refractivity contribution in [3.05, 3.63) is 29.8 Å². The molecule has 24 heavy (non-hydrogen) atoms. The average molecular weight is 333 g/mol. The number of carbonyl (C=O) groups is 1. The number of nitrogens with zero attached hydrogens (tertiary/aromatic N) is 1. The third-order valence-electron chi connectivity index (χ3n) is 4.45. The summed E-state index contributed by atoms with van der Waals surface area (Å²) in [5.41, 5.74) is 2.08. The molecule has 1 fully saturated rings. The van der Waals surface area contributed by atoms with Gasteiger partial charge in [0, 0.05) is 18.8 Å². The second-order valence-electron chi connectivity index (χ2n) is 7.02. The van der Waals surface area contributed by atoms with Crippen molar-refractivity contribution in [2.75, 3.05) is 31.5 Å². The summed E-state index contributed by atoms with van der Waals surface area (Å²) < 4.78 is 0. The van der Waals surface area contributed by atoms with Crippen LogP contribution in [0.1, 0.15) is 38.7 Å². The molecule has 0 radical (unpaired) electrons. The van der Waals surface area contributed by atoms with E-state index in [0.29, 0.717) is 13.0 Å². The number of likely N-dealkylation sites (tertiary alicyclic amines) is 1. The minimum Gasteiger partial charge on any atom is -0.393 e. The van der Waals surface area contributed by atoms with Crippen LogP contribution in [0.25, 0.3) is 0 Å². The summed E-state index contributed by atoms with van der Waals surface area (Å²) in [4.78, 5) is 14.5. The lowest BCUT2D eigenvalue weighted by Crippen LogP contribution is -2.33. The van der Waals surface area contributed by atoms with Crippen molar-refractivity contribution in [1.82, 2.24) is 10.2 Å². The summed E-state index contributed by atoms with van der Waals surface area (Å²) in [6, 6.07) is 7.88. The van der Waals surface area contributed by atoms with Crippen LogP contribution < -0.4 is 10.6 Å². The zero-order valence-electron chi connectivity index (χ0n) is 14.9. The Kier molecular flexibility index (Phi) is 7.53. The molecule has 1 aromatic carbocycles. The van der Waals surface area contributed by atoms with Gasteiger partial charge in [0.15, 0.2) is 0 Å². The molecular formula is C19H31N3O2. The maximum absolute atomic E-state index is 12.0. The van der Waals surface area contributed by atoms with Crippen LogP contribution in [0.2, 0.25) is 0 Å². The molecule has 0 bridgehead atoms. The number of hydrogen-bond acceptors (Lipinski definition) is 3. The number of benzene rings is 1. The molecule has 1 heterocycles. The van der Waals surface area contributed by atoms with Gasteiger partial charge in [-0.25, -0.2) is 4.79 Å². The fourth-order valence-electron chi connectivity index (χ4n) is 3.21. The molecule has 134 valence electrons. The van der Waals surface area contributed by atoms with Crippen molar-refractivity contribution in [3.8, 4) is 0 Å². The van der Waals surface area contributed by atoms with Gasteiger partial charge in [0.2, 0.25) is 0 Å². The average Bonchev–Trinajstić information content (AvgIpc) is 3.04. The Labute approximate surface area is 145 Å². The number of carbonyl (C=O) groups excluding carboxylic acids is 1. The van der Waals surface area contributed by atoms with Crippen molar-refractivity contribution in [2.45, 2.75) is 45.6 Å². The van der Waals surface area contributed by atoms with Gasteiger partial charge < -0.3 is 20.6 Å². The third kappa shape index (κ3) is 6.89. The Morgan fingerprint density at radius 2 is 2.04 bits per heavy atom. The number of urea groups is 1. The lowest BCUT2D eigenvalue weighted by molar-refractivity contribution is 0.163. The van der Waals surface area contributed by atoms with E-state index in [4.69, 9.17) is 0 Å². The Morgan fingerprint density at radius 1 is 1.29 bits per heavy atom. The molecule has 0 spiro atoms. The first-order valence-corrected chi connectivity index (χ1v) is 9.07. The zero-order valence-corrected chi connectivity index (χ0v) is 14.9. The van der Waals surface area contributed by atoms with Gasteiger partial charge in [-0.1, -0.05) is 19.1 Å². The van der Waals surface area contributed by atoms with Crippen LogP contribution in [0.15, 0.2) is 24.3 Å². The lowest BCUT2D eigenvalue weighted by Gasteiger charge is -2.16. The van der Waals surface area contributed by atoms with Crippen LogP contribution in [-0.2, 0) is 6.42 Å². The van der Waals surface area contributed by atoms with E-state index in [-0.39, 0.29) is 18.1 Å². The van der Waals surface area contributed by atoms with Crippen molar-refractivity contribution >= 4 is 11.7 Å². The summed E-state index contributed by atoms with van der Waals surface area (Å²) in [6.45, 7) is 7.87. The van der Waals surface area contributed by atoms with Gasteiger partial charge in [-0.15, -0.1) is 0 Å². The molecule has 2 rings (SSSR count). The fourth-order valence-corrected chi connectivity index (χ4v) is 3.21. The van der Waals surface area contributed by atoms with E-state index in [1.165, 1.54) is 31.5 Å². The second-order valence-corrected chi connectivity index (χ2v) is 7.02. The van der Waals surface area contributed by atoms with Crippen LogP contribution in [0, 0.1) is 5.92 Å². The number of aliphatic hydroxyl groups excluding tert-OH is 1. The van der Waals surface area contributed by atoms with Gasteiger partial charge >= 0.3 is 6.03 Å². The highest BCUT2D eigenvalue weighted by Crippen LogP contribution is 2.13. The van der Waals surface area contributed by atoms with Gasteiger partial charge in [0.1, 0.15) is 0 Å². The fraction of sp³-hybridized carbons (Fsp3) is 0.632. The Balaban J connectivity index is 1.75. The van der Waals surface area contributed by atoms with Gasteiger partial charge in [-0.3, -0.25) is 0 Å². The van der Waals surface area contributed by atoms with E-state index in [9.17, 15) is 9.90 Å². The molecule has 1 aliphatic heterocycles. The number of amides is 2. The van der Waals surface area contributed by atoms with Crippen LogP contribution in [0.5, 0.6) is 0 Å². The minimum absolute atomic E-state index is 0.191. The molecule has 2 atom stereocenters. The van der Waals surface area contributed by atoms with E-state index in [1.54, 1.807) is 6.92 Å². The van der Waals surface area contributed by atoms with Crippen LogP contribution in [0.4, 0.5) is 10.5 Å². The molecule has 5 nitrogen and oxygen atoms in total. The van der Waals surface area contributed by atoms with E-state index >= 15 is 0 Å². The van der Waals surface area contributed by atoms with Crippen LogP contribution in [-0.4, -0.2) is 48.3 Å². The monoisotopic (exact) mass is 333 g/mol. The predicted octanol–water partition coefficient (Wildman–Crippen LogP) is 2.85. The van der Waals surface area contributed by atoms with Crippen molar-refractivity contribution in [3.63, 3.8) is 0 Å². The highest BCUT2D eigenvalue weighted by Gasteiger charge is 2.11. The molecule has 1 saturated heterocycles. The Hall–Kier alpha value is -1.59. The summed E-state index contributed by atoms with van der Waals surface area (Å²) in [7, 11) is 0. The molecular weight excluding hydrogens is 302 g/mol. The quantitative estimate of drug-likeness (QED) is 0.685. The maximum Gasteiger partial charge on any atom is 0.319 e. The summed E-state index contributed by atoms with van der Waals surface area (Å²) in [5.74, 6) is 0.252. The molecule has 2 unspecified atom stereocenters.